The third kappa shape index (κ3) is 3.98. The fraction of sp³-hybridized carbons (Fsp3) is 0.316. The van der Waals surface area contributed by atoms with Gasteiger partial charge in [-0.25, -0.2) is 0 Å². The standard InChI is InChI=1S/C19H22O5/c1-4-24-17-8-6-14(9-12(17)2)15(19(21)22)10-13-5-7-16(20)18(11-13)23-3/h5-9,11,15,20H,4,10H2,1-3H3,(H,21,22). The Labute approximate surface area is 141 Å². The van der Waals surface area contributed by atoms with Crippen molar-refractivity contribution in [3.05, 3.63) is 53.1 Å². The summed E-state index contributed by atoms with van der Waals surface area (Å²) < 4.78 is 10.6. The van der Waals surface area contributed by atoms with Gasteiger partial charge in [0.25, 0.3) is 0 Å². The van der Waals surface area contributed by atoms with E-state index in [-0.39, 0.29) is 5.75 Å². The van der Waals surface area contributed by atoms with Gasteiger partial charge >= 0.3 is 5.97 Å². The normalized spacial score (nSPS) is 11.8. The average molecular weight is 330 g/mol. The summed E-state index contributed by atoms with van der Waals surface area (Å²) in [6.07, 6.45) is 0.305. The molecule has 0 heterocycles. The van der Waals surface area contributed by atoms with Crippen LogP contribution < -0.4 is 9.47 Å². The Bertz CT molecular complexity index is 724. The van der Waals surface area contributed by atoms with Crippen LogP contribution in [0.4, 0.5) is 0 Å². The molecule has 5 heteroatoms. The molecule has 0 saturated heterocycles. The highest BCUT2D eigenvalue weighted by Gasteiger charge is 2.22. The van der Waals surface area contributed by atoms with E-state index in [1.165, 1.54) is 13.2 Å². The minimum atomic E-state index is -0.898. The molecule has 0 amide bonds. The number of aromatic hydroxyl groups is 1. The maximum atomic E-state index is 11.7. The molecule has 1 unspecified atom stereocenters. The minimum Gasteiger partial charge on any atom is -0.504 e. The van der Waals surface area contributed by atoms with Crippen molar-refractivity contribution in [1.29, 1.82) is 0 Å². The zero-order valence-corrected chi connectivity index (χ0v) is 14.1. The maximum Gasteiger partial charge on any atom is 0.311 e. The van der Waals surface area contributed by atoms with E-state index in [0.29, 0.717) is 18.8 Å². The lowest BCUT2D eigenvalue weighted by Gasteiger charge is -2.16. The summed E-state index contributed by atoms with van der Waals surface area (Å²) in [4.78, 5) is 11.7. The molecule has 0 aliphatic carbocycles. The largest absolute Gasteiger partial charge is 0.504 e. The lowest BCUT2D eigenvalue weighted by molar-refractivity contribution is -0.138. The van der Waals surface area contributed by atoms with Gasteiger partial charge in [-0.3, -0.25) is 4.79 Å². The molecule has 0 aliphatic heterocycles. The molecule has 0 fully saturated rings. The van der Waals surface area contributed by atoms with Gasteiger partial charge in [0.1, 0.15) is 5.75 Å². The first-order chi connectivity index (χ1) is 11.5. The van der Waals surface area contributed by atoms with Gasteiger partial charge in [0.2, 0.25) is 0 Å². The van der Waals surface area contributed by atoms with Gasteiger partial charge in [-0.05, 0) is 55.2 Å². The van der Waals surface area contributed by atoms with Crippen LogP contribution in [0.5, 0.6) is 17.2 Å². The van der Waals surface area contributed by atoms with E-state index < -0.39 is 11.9 Å². The number of carboxylic acid groups (broad SMARTS) is 1. The van der Waals surface area contributed by atoms with Crippen molar-refractivity contribution in [2.45, 2.75) is 26.2 Å². The smallest absolute Gasteiger partial charge is 0.311 e. The topological polar surface area (TPSA) is 76.0 Å². The van der Waals surface area contributed by atoms with E-state index >= 15 is 0 Å². The molecule has 2 N–H and O–H groups in total. The Balaban J connectivity index is 2.30. The second kappa shape index (κ2) is 7.73. The quantitative estimate of drug-likeness (QED) is 0.812. The lowest BCUT2D eigenvalue weighted by atomic mass is 9.91. The number of benzene rings is 2. The molecule has 1 atom stereocenters. The first-order valence-corrected chi connectivity index (χ1v) is 7.78. The zero-order chi connectivity index (χ0) is 17.7. The number of aliphatic carboxylic acids is 1. The van der Waals surface area contributed by atoms with Crippen LogP contribution in [0, 0.1) is 6.92 Å². The minimum absolute atomic E-state index is 0.0324. The number of carboxylic acids is 1. The average Bonchev–Trinajstić information content (AvgIpc) is 2.55. The van der Waals surface area contributed by atoms with Crippen molar-refractivity contribution in [3.8, 4) is 17.2 Å². The van der Waals surface area contributed by atoms with Crippen molar-refractivity contribution >= 4 is 5.97 Å². The summed E-state index contributed by atoms with van der Waals surface area (Å²) in [7, 11) is 1.46. The number of aryl methyl sites for hydroxylation is 1. The monoisotopic (exact) mass is 330 g/mol. The van der Waals surface area contributed by atoms with E-state index in [0.717, 1.165) is 22.4 Å². The van der Waals surface area contributed by atoms with E-state index in [9.17, 15) is 15.0 Å². The van der Waals surface area contributed by atoms with Crippen molar-refractivity contribution in [2.75, 3.05) is 13.7 Å². The summed E-state index contributed by atoms with van der Waals surface area (Å²) in [5.74, 6) is -0.458. The number of hydrogen-bond acceptors (Lipinski definition) is 4. The summed E-state index contributed by atoms with van der Waals surface area (Å²) >= 11 is 0. The molecule has 5 nitrogen and oxygen atoms in total. The molecule has 0 spiro atoms. The van der Waals surface area contributed by atoms with Crippen molar-refractivity contribution < 1.29 is 24.5 Å². The lowest BCUT2D eigenvalue weighted by Crippen LogP contribution is -2.15. The molecule has 128 valence electrons. The van der Waals surface area contributed by atoms with Crippen LogP contribution in [0.25, 0.3) is 0 Å². The van der Waals surface area contributed by atoms with E-state index in [4.69, 9.17) is 9.47 Å². The number of phenols is 1. The number of rotatable bonds is 7. The molecule has 24 heavy (non-hydrogen) atoms. The third-order valence-electron chi connectivity index (χ3n) is 3.88. The number of carbonyl (C=O) groups is 1. The molecule has 2 aromatic rings. The summed E-state index contributed by atoms with van der Waals surface area (Å²) in [6, 6.07) is 10.3. The van der Waals surface area contributed by atoms with E-state index in [1.807, 2.05) is 26.0 Å². The first kappa shape index (κ1) is 17.7. The highest BCUT2D eigenvalue weighted by atomic mass is 16.5. The first-order valence-electron chi connectivity index (χ1n) is 7.78. The van der Waals surface area contributed by atoms with Crippen molar-refractivity contribution in [1.82, 2.24) is 0 Å². The van der Waals surface area contributed by atoms with Gasteiger partial charge in [0.15, 0.2) is 11.5 Å². The van der Waals surface area contributed by atoms with Gasteiger partial charge < -0.3 is 19.7 Å². The molecular weight excluding hydrogens is 308 g/mol. The Hall–Kier alpha value is -2.69. The maximum absolute atomic E-state index is 11.7. The molecule has 0 radical (unpaired) electrons. The SMILES string of the molecule is CCOc1ccc(C(Cc2ccc(O)c(OC)c2)C(=O)O)cc1C. The van der Waals surface area contributed by atoms with Crippen LogP contribution in [0.1, 0.15) is 29.5 Å². The summed E-state index contributed by atoms with van der Waals surface area (Å²) in [6.45, 7) is 4.37. The predicted molar refractivity (Wildman–Crippen MR) is 91.1 cm³/mol. The Kier molecular flexibility index (Phi) is 5.68. The van der Waals surface area contributed by atoms with Gasteiger partial charge in [0.05, 0.1) is 19.6 Å². The van der Waals surface area contributed by atoms with Crippen LogP contribution in [-0.2, 0) is 11.2 Å². The van der Waals surface area contributed by atoms with Crippen LogP contribution in [0.3, 0.4) is 0 Å². The van der Waals surface area contributed by atoms with Gasteiger partial charge in [-0.15, -0.1) is 0 Å². The molecule has 0 bridgehead atoms. The molecule has 0 aliphatic rings. The fourth-order valence-electron chi connectivity index (χ4n) is 2.64. The van der Waals surface area contributed by atoms with Crippen LogP contribution >= 0.6 is 0 Å². The number of methoxy groups -OCH3 is 1. The zero-order valence-electron chi connectivity index (χ0n) is 14.1. The predicted octanol–water partition coefficient (Wildman–Crippen LogP) is 3.52. The summed E-state index contributed by atoms with van der Waals surface area (Å²) in [5.41, 5.74) is 2.41. The Morgan fingerprint density at radius 2 is 1.92 bits per heavy atom. The van der Waals surface area contributed by atoms with Crippen LogP contribution in [0.2, 0.25) is 0 Å². The molecule has 0 aromatic heterocycles. The number of phenolic OH excluding ortho intramolecular Hbond substituents is 1. The fourth-order valence-corrected chi connectivity index (χ4v) is 2.64. The number of hydrogen-bond donors (Lipinski definition) is 2. The van der Waals surface area contributed by atoms with Gasteiger partial charge in [-0.1, -0.05) is 18.2 Å². The van der Waals surface area contributed by atoms with Crippen LogP contribution in [0.15, 0.2) is 36.4 Å². The molecule has 2 rings (SSSR count). The van der Waals surface area contributed by atoms with Crippen LogP contribution in [-0.4, -0.2) is 29.9 Å². The second-order valence-electron chi connectivity index (χ2n) is 5.56. The van der Waals surface area contributed by atoms with E-state index in [1.54, 1.807) is 18.2 Å². The molecular formula is C19H22O5. The number of ether oxygens (including phenoxy) is 2. The summed E-state index contributed by atoms with van der Waals surface area (Å²) in [5, 5.41) is 19.3. The van der Waals surface area contributed by atoms with Crippen molar-refractivity contribution in [3.63, 3.8) is 0 Å². The molecule has 2 aromatic carbocycles. The van der Waals surface area contributed by atoms with Gasteiger partial charge in [0, 0.05) is 0 Å². The second-order valence-corrected chi connectivity index (χ2v) is 5.56. The Morgan fingerprint density at radius 1 is 1.17 bits per heavy atom. The third-order valence-corrected chi connectivity index (χ3v) is 3.88. The highest BCUT2D eigenvalue weighted by molar-refractivity contribution is 5.76. The Morgan fingerprint density at radius 3 is 2.50 bits per heavy atom. The van der Waals surface area contributed by atoms with Gasteiger partial charge in [-0.2, -0.15) is 0 Å². The van der Waals surface area contributed by atoms with E-state index in [2.05, 4.69) is 0 Å². The van der Waals surface area contributed by atoms with Crippen molar-refractivity contribution in [2.24, 2.45) is 0 Å². The highest BCUT2D eigenvalue weighted by Crippen LogP contribution is 2.31. The molecule has 0 saturated carbocycles.